The first-order valence-corrected chi connectivity index (χ1v) is 7.62. The van der Waals surface area contributed by atoms with Crippen LogP contribution in [0.25, 0.3) is 22.1 Å². The first kappa shape index (κ1) is 16.1. The van der Waals surface area contributed by atoms with Gasteiger partial charge < -0.3 is 14.3 Å². The van der Waals surface area contributed by atoms with Crippen molar-refractivity contribution in [2.45, 2.75) is 6.92 Å². The predicted molar refractivity (Wildman–Crippen MR) is 90.6 cm³/mol. The van der Waals surface area contributed by atoms with Crippen molar-refractivity contribution in [2.24, 2.45) is 0 Å². The quantitative estimate of drug-likeness (QED) is 0.574. The Morgan fingerprint density at radius 1 is 1.25 bits per heavy atom. The summed E-state index contributed by atoms with van der Waals surface area (Å²) >= 11 is 6.00. The third-order valence-corrected chi connectivity index (χ3v) is 3.72. The summed E-state index contributed by atoms with van der Waals surface area (Å²) in [5, 5.41) is 11.2. The molecule has 3 rings (SSSR count). The highest BCUT2D eigenvalue weighted by atomic mass is 35.5. The van der Waals surface area contributed by atoms with E-state index in [0.717, 1.165) is 0 Å². The molecule has 0 atom stereocenters. The maximum Gasteiger partial charge on any atom is 0.351 e. The maximum atomic E-state index is 12.1. The molecule has 0 saturated carbocycles. The fraction of sp³-hybridized carbons (Fsp3) is 0.111. The van der Waals surface area contributed by atoms with Crippen molar-refractivity contribution in [2.75, 3.05) is 6.61 Å². The van der Waals surface area contributed by atoms with Gasteiger partial charge in [0.05, 0.1) is 12.2 Å². The SMILES string of the molecule is CCOC(=O)c1cc2ccc(O)c(-c3cccc(Cl)c3)c2oc1=O. The maximum absolute atomic E-state index is 12.1. The molecule has 5 nitrogen and oxygen atoms in total. The topological polar surface area (TPSA) is 76.7 Å². The first-order valence-electron chi connectivity index (χ1n) is 7.24. The number of carbonyl (C=O) groups is 1. The number of hydrogen-bond acceptors (Lipinski definition) is 5. The molecule has 0 aliphatic carbocycles. The van der Waals surface area contributed by atoms with Crippen molar-refractivity contribution in [1.82, 2.24) is 0 Å². The Balaban J connectivity index is 2.28. The molecular formula is C18H13ClO5. The lowest BCUT2D eigenvalue weighted by atomic mass is 10.0. The van der Waals surface area contributed by atoms with Crippen LogP contribution < -0.4 is 5.63 Å². The summed E-state index contributed by atoms with van der Waals surface area (Å²) < 4.78 is 10.2. The highest BCUT2D eigenvalue weighted by Crippen LogP contribution is 2.36. The summed E-state index contributed by atoms with van der Waals surface area (Å²) in [7, 11) is 0. The Kier molecular flexibility index (Phi) is 4.27. The zero-order valence-electron chi connectivity index (χ0n) is 12.7. The molecule has 3 aromatic rings. The largest absolute Gasteiger partial charge is 0.507 e. The number of ether oxygens (including phenoxy) is 1. The number of rotatable bonds is 3. The molecule has 0 saturated heterocycles. The second kappa shape index (κ2) is 6.37. The van der Waals surface area contributed by atoms with E-state index >= 15 is 0 Å². The van der Waals surface area contributed by atoms with Crippen LogP contribution in [0.5, 0.6) is 5.75 Å². The summed E-state index contributed by atoms with van der Waals surface area (Å²) in [6.45, 7) is 1.80. The van der Waals surface area contributed by atoms with Gasteiger partial charge in [0.25, 0.3) is 0 Å². The lowest BCUT2D eigenvalue weighted by Gasteiger charge is -2.09. The van der Waals surface area contributed by atoms with E-state index in [4.69, 9.17) is 20.8 Å². The smallest absolute Gasteiger partial charge is 0.351 e. The molecule has 0 amide bonds. The summed E-state index contributed by atoms with van der Waals surface area (Å²) in [6.07, 6.45) is 0. The Bertz CT molecular complexity index is 990. The number of esters is 1. The van der Waals surface area contributed by atoms with Gasteiger partial charge in [0.15, 0.2) is 0 Å². The predicted octanol–water partition coefficient (Wildman–Crippen LogP) is 4.00. The summed E-state index contributed by atoms with van der Waals surface area (Å²) in [4.78, 5) is 24.0. The molecule has 24 heavy (non-hydrogen) atoms. The molecule has 0 aliphatic heterocycles. The van der Waals surface area contributed by atoms with Crippen LogP contribution in [-0.2, 0) is 4.74 Å². The molecule has 1 N–H and O–H groups in total. The van der Waals surface area contributed by atoms with E-state index in [-0.39, 0.29) is 23.5 Å². The van der Waals surface area contributed by atoms with Crippen LogP contribution >= 0.6 is 11.6 Å². The number of phenolic OH excluding ortho intramolecular Hbond substituents is 1. The van der Waals surface area contributed by atoms with Crippen molar-refractivity contribution in [1.29, 1.82) is 0 Å². The van der Waals surface area contributed by atoms with Gasteiger partial charge in [-0.05, 0) is 42.8 Å². The number of carbonyl (C=O) groups excluding carboxylic acids is 1. The number of phenols is 1. The molecule has 122 valence electrons. The number of aromatic hydroxyl groups is 1. The Labute approximate surface area is 142 Å². The standard InChI is InChI=1S/C18H13ClO5/c1-2-23-17(21)13-9-11-6-7-14(20)15(16(11)24-18(13)22)10-4-3-5-12(19)8-10/h3-9,20H,2H2,1H3. The fourth-order valence-corrected chi connectivity index (χ4v) is 2.64. The molecule has 0 spiro atoms. The summed E-state index contributed by atoms with van der Waals surface area (Å²) in [6, 6.07) is 11.2. The van der Waals surface area contributed by atoms with Gasteiger partial charge in [0, 0.05) is 10.4 Å². The molecule has 0 unspecified atom stereocenters. The van der Waals surface area contributed by atoms with E-state index in [0.29, 0.717) is 21.5 Å². The van der Waals surface area contributed by atoms with Gasteiger partial charge in [-0.1, -0.05) is 23.7 Å². The van der Waals surface area contributed by atoms with Gasteiger partial charge >= 0.3 is 11.6 Å². The third-order valence-electron chi connectivity index (χ3n) is 3.49. The molecule has 0 radical (unpaired) electrons. The van der Waals surface area contributed by atoms with Crippen LogP contribution in [-0.4, -0.2) is 17.7 Å². The molecule has 6 heteroatoms. The zero-order chi connectivity index (χ0) is 17.3. The van der Waals surface area contributed by atoms with Gasteiger partial charge in [0.1, 0.15) is 16.9 Å². The molecule has 0 fully saturated rings. The number of halogens is 1. The van der Waals surface area contributed by atoms with Crippen molar-refractivity contribution in [3.05, 3.63) is 63.5 Å². The van der Waals surface area contributed by atoms with E-state index in [1.165, 1.54) is 12.1 Å². The second-order valence-corrected chi connectivity index (χ2v) is 5.49. The van der Waals surface area contributed by atoms with Gasteiger partial charge in [0.2, 0.25) is 0 Å². The third kappa shape index (κ3) is 2.86. The van der Waals surface area contributed by atoms with E-state index in [1.807, 2.05) is 0 Å². The van der Waals surface area contributed by atoms with Crippen molar-refractivity contribution >= 4 is 28.5 Å². The summed E-state index contributed by atoms with van der Waals surface area (Å²) in [5.74, 6) is -0.803. The molecular weight excluding hydrogens is 332 g/mol. The first-order chi connectivity index (χ1) is 11.5. The van der Waals surface area contributed by atoms with Crippen molar-refractivity contribution in [3.8, 4) is 16.9 Å². The average molecular weight is 345 g/mol. The average Bonchev–Trinajstić information content (AvgIpc) is 2.54. The zero-order valence-corrected chi connectivity index (χ0v) is 13.5. The minimum atomic E-state index is -0.824. The van der Waals surface area contributed by atoms with E-state index in [2.05, 4.69) is 0 Å². The van der Waals surface area contributed by atoms with E-state index in [9.17, 15) is 14.7 Å². The van der Waals surface area contributed by atoms with Crippen molar-refractivity contribution < 1.29 is 19.1 Å². The summed E-state index contributed by atoms with van der Waals surface area (Å²) in [5.41, 5.74) is 0.0948. The van der Waals surface area contributed by atoms with Gasteiger partial charge in [-0.3, -0.25) is 0 Å². The molecule has 1 heterocycles. The van der Waals surface area contributed by atoms with E-state index < -0.39 is 11.6 Å². The lowest BCUT2D eigenvalue weighted by Crippen LogP contribution is -2.16. The van der Waals surface area contributed by atoms with Crippen LogP contribution in [0.3, 0.4) is 0 Å². The number of fused-ring (bicyclic) bond motifs is 1. The number of benzene rings is 2. The normalized spacial score (nSPS) is 10.8. The highest BCUT2D eigenvalue weighted by molar-refractivity contribution is 6.30. The second-order valence-electron chi connectivity index (χ2n) is 5.06. The minimum Gasteiger partial charge on any atom is -0.507 e. The van der Waals surface area contributed by atoms with Gasteiger partial charge in [-0.15, -0.1) is 0 Å². The van der Waals surface area contributed by atoms with Gasteiger partial charge in [-0.25, -0.2) is 9.59 Å². The van der Waals surface area contributed by atoms with Crippen LogP contribution in [0.4, 0.5) is 0 Å². The van der Waals surface area contributed by atoms with E-state index in [1.54, 1.807) is 37.3 Å². The van der Waals surface area contributed by atoms with Gasteiger partial charge in [-0.2, -0.15) is 0 Å². The van der Waals surface area contributed by atoms with Crippen molar-refractivity contribution in [3.63, 3.8) is 0 Å². The monoisotopic (exact) mass is 344 g/mol. The highest BCUT2D eigenvalue weighted by Gasteiger charge is 2.18. The molecule has 1 aromatic heterocycles. The van der Waals surface area contributed by atoms with Crippen LogP contribution in [0.2, 0.25) is 5.02 Å². The Morgan fingerprint density at radius 3 is 2.75 bits per heavy atom. The van der Waals surface area contributed by atoms with Crippen LogP contribution in [0.1, 0.15) is 17.3 Å². The molecule has 0 aliphatic rings. The minimum absolute atomic E-state index is 0.0585. The molecule has 2 aromatic carbocycles. The molecule has 0 bridgehead atoms. The fourth-order valence-electron chi connectivity index (χ4n) is 2.45. The van der Waals surface area contributed by atoms with Crippen LogP contribution in [0.15, 0.2) is 51.7 Å². The van der Waals surface area contributed by atoms with Crippen LogP contribution in [0, 0.1) is 0 Å². The number of hydrogen-bond donors (Lipinski definition) is 1. The lowest BCUT2D eigenvalue weighted by molar-refractivity contribution is 0.0522. The Morgan fingerprint density at radius 2 is 2.04 bits per heavy atom. The Hall–Kier alpha value is -2.79.